The number of nitrogens with zero attached hydrogens (tertiary/aromatic N) is 2. The number of rotatable bonds is 3. The first kappa shape index (κ1) is 11.8. The summed E-state index contributed by atoms with van der Waals surface area (Å²) in [7, 11) is 0. The summed E-state index contributed by atoms with van der Waals surface area (Å²) in [6.45, 7) is 2.71. The van der Waals surface area contributed by atoms with E-state index in [1.165, 1.54) is 4.88 Å². The van der Waals surface area contributed by atoms with Gasteiger partial charge in [0.2, 0.25) is 0 Å². The number of nitrogens with one attached hydrogen (secondary N) is 1. The van der Waals surface area contributed by atoms with Crippen LogP contribution < -0.4 is 5.32 Å². The van der Waals surface area contributed by atoms with Gasteiger partial charge in [0.15, 0.2) is 0 Å². The van der Waals surface area contributed by atoms with Crippen LogP contribution in [0.15, 0.2) is 22.9 Å². The molecule has 6 heteroatoms. The number of aryl methyl sites for hydroxylation is 1. The van der Waals surface area contributed by atoms with Gasteiger partial charge in [-0.1, -0.05) is 11.6 Å². The lowest BCUT2D eigenvalue weighted by atomic mass is 10.4. The normalized spacial score (nSPS) is 10.4. The van der Waals surface area contributed by atoms with Crippen LogP contribution in [0, 0.1) is 6.92 Å². The topological polar surface area (TPSA) is 37.8 Å². The number of halogens is 2. The van der Waals surface area contributed by atoms with Crippen LogP contribution >= 0.6 is 38.9 Å². The number of hydrogen-bond donors (Lipinski definition) is 1. The van der Waals surface area contributed by atoms with Crippen LogP contribution in [0.2, 0.25) is 5.02 Å². The molecular formula is C10H9BrClN3S. The predicted octanol–water partition coefficient (Wildman–Crippen LogP) is 3.87. The maximum atomic E-state index is 5.81. The minimum Gasteiger partial charge on any atom is -0.363 e. The highest BCUT2D eigenvalue weighted by Gasteiger charge is 2.03. The van der Waals surface area contributed by atoms with Crippen molar-refractivity contribution in [1.82, 2.24) is 9.97 Å². The van der Waals surface area contributed by atoms with Crippen LogP contribution in [0.1, 0.15) is 9.88 Å². The fourth-order valence-corrected chi connectivity index (χ4v) is 2.69. The van der Waals surface area contributed by atoms with E-state index in [1.807, 2.05) is 19.2 Å². The Morgan fingerprint density at radius 3 is 2.88 bits per heavy atom. The number of hydrogen-bond acceptors (Lipinski definition) is 4. The number of thiazole rings is 1. The lowest BCUT2D eigenvalue weighted by molar-refractivity contribution is 1.07. The fraction of sp³-hybridized carbons (Fsp3) is 0.200. The molecule has 0 aliphatic heterocycles. The minimum atomic E-state index is 0.613. The molecule has 0 bridgehead atoms. The van der Waals surface area contributed by atoms with Gasteiger partial charge in [-0.15, -0.1) is 11.3 Å². The molecule has 0 saturated carbocycles. The maximum absolute atomic E-state index is 5.81. The molecule has 0 aliphatic rings. The Morgan fingerprint density at radius 2 is 2.25 bits per heavy atom. The van der Waals surface area contributed by atoms with E-state index >= 15 is 0 Å². The number of aromatic nitrogens is 2. The van der Waals surface area contributed by atoms with Crippen molar-refractivity contribution in [2.75, 3.05) is 5.32 Å². The standard InChI is InChI=1S/C10H9BrClN3S/c1-6-3-13-9(16-6)5-15-10-8(11)2-7(12)4-14-10/h2-4H,5H2,1H3,(H,14,15). The first-order chi connectivity index (χ1) is 7.65. The van der Waals surface area contributed by atoms with E-state index in [-0.39, 0.29) is 0 Å². The van der Waals surface area contributed by atoms with Gasteiger partial charge in [0.1, 0.15) is 10.8 Å². The van der Waals surface area contributed by atoms with E-state index in [1.54, 1.807) is 17.5 Å². The molecule has 0 aliphatic carbocycles. The van der Waals surface area contributed by atoms with E-state index in [9.17, 15) is 0 Å². The molecule has 0 saturated heterocycles. The predicted molar refractivity (Wildman–Crippen MR) is 71.1 cm³/mol. The summed E-state index contributed by atoms with van der Waals surface area (Å²) >= 11 is 10.9. The molecule has 0 fully saturated rings. The smallest absolute Gasteiger partial charge is 0.140 e. The molecule has 3 nitrogen and oxygen atoms in total. The molecular weight excluding hydrogens is 310 g/mol. The summed E-state index contributed by atoms with van der Waals surface area (Å²) in [5.41, 5.74) is 0. The van der Waals surface area contributed by atoms with E-state index < -0.39 is 0 Å². The Labute approximate surface area is 111 Å². The first-order valence-corrected chi connectivity index (χ1v) is 6.60. The van der Waals surface area contributed by atoms with E-state index in [0.29, 0.717) is 11.6 Å². The summed E-state index contributed by atoms with van der Waals surface area (Å²) in [6, 6.07) is 1.81. The van der Waals surface area contributed by atoms with Crippen molar-refractivity contribution in [3.05, 3.63) is 37.8 Å². The molecule has 16 heavy (non-hydrogen) atoms. The second kappa shape index (κ2) is 5.12. The van der Waals surface area contributed by atoms with Crippen molar-refractivity contribution in [2.45, 2.75) is 13.5 Å². The Bertz CT molecular complexity index is 501. The van der Waals surface area contributed by atoms with Crippen LogP contribution in [-0.2, 0) is 6.54 Å². The fourth-order valence-electron chi connectivity index (χ4n) is 1.19. The zero-order valence-corrected chi connectivity index (χ0v) is 11.7. The van der Waals surface area contributed by atoms with Crippen LogP contribution in [0.4, 0.5) is 5.82 Å². The van der Waals surface area contributed by atoms with Crippen LogP contribution in [0.25, 0.3) is 0 Å². The summed E-state index contributed by atoms with van der Waals surface area (Å²) in [5, 5.41) is 4.86. The molecule has 2 aromatic heterocycles. The average molecular weight is 319 g/mol. The summed E-state index contributed by atoms with van der Waals surface area (Å²) < 4.78 is 0.855. The van der Waals surface area contributed by atoms with Crippen LogP contribution in [0.3, 0.4) is 0 Å². The average Bonchev–Trinajstić information content (AvgIpc) is 2.63. The Kier molecular flexibility index (Phi) is 3.78. The Balaban J connectivity index is 2.04. The molecule has 0 unspecified atom stereocenters. The molecule has 84 valence electrons. The monoisotopic (exact) mass is 317 g/mol. The molecule has 2 heterocycles. The third-order valence-electron chi connectivity index (χ3n) is 1.88. The largest absolute Gasteiger partial charge is 0.363 e. The van der Waals surface area contributed by atoms with Gasteiger partial charge in [0.25, 0.3) is 0 Å². The van der Waals surface area contributed by atoms with E-state index in [0.717, 1.165) is 15.3 Å². The van der Waals surface area contributed by atoms with Crippen molar-refractivity contribution >= 4 is 44.7 Å². The lowest BCUT2D eigenvalue weighted by Crippen LogP contribution is -2.01. The second-order valence-electron chi connectivity index (χ2n) is 3.20. The first-order valence-electron chi connectivity index (χ1n) is 4.61. The number of anilines is 1. The second-order valence-corrected chi connectivity index (χ2v) is 5.81. The summed E-state index contributed by atoms with van der Waals surface area (Å²) in [5.74, 6) is 0.775. The highest BCUT2D eigenvalue weighted by molar-refractivity contribution is 9.10. The lowest BCUT2D eigenvalue weighted by Gasteiger charge is -2.05. The summed E-state index contributed by atoms with van der Waals surface area (Å²) in [4.78, 5) is 9.66. The highest BCUT2D eigenvalue weighted by atomic mass is 79.9. The molecule has 2 aromatic rings. The maximum Gasteiger partial charge on any atom is 0.140 e. The van der Waals surface area contributed by atoms with Crippen molar-refractivity contribution < 1.29 is 0 Å². The van der Waals surface area contributed by atoms with Gasteiger partial charge in [0.05, 0.1) is 16.0 Å². The van der Waals surface area contributed by atoms with Crippen molar-refractivity contribution in [1.29, 1.82) is 0 Å². The van der Waals surface area contributed by atoms with E-state index in [2.05, 4.69) is 31.2 Å². The van der Waals surface area contributed by atoms with Gasteiger partial charge in [-0.05, 0) is 28.9 Å². The molecule has 2 rings (SSSR count). The third kappa shape index (κ3) is 2.93. The SMILES string of the molecule is Cc1cnc(CNc2ncc(Cl)cc2Br)s1. The molecule has 0 radical (unpaired) electrons. The molecule has 1 N–H and O–H groups in total. The van der Waals surface area contributed by atoms with E-state index in [4.69, 9.17) is 11.6 Å². The Morgan fingerprint density at radius 1 is 1.44 bits per heavy atom. The van der Waals surface area contributed by atoms with Crippen molar-refractivity contribution in [3.8, 4) is 0 Å². The quantitative estimate of drug-likeness (QED) is 0.933. The zero-order valence-electron chi connectivity index (χ0n) is 8.50. The van der Waals surface area contributed by atoms with Gasteiger partial charge in [-0.25, -0.2) is 9.97 Å². The van der Waals surface area contributed by atoms with Crippen molar-refractivity contribution in [2.24, 2.45) is 0 Å². The molecule has 0 spiro atoms. The highest BCUT2D eigenvalue weighted by Crippen LogP contribution is 2.24. The summed E-state index contributed by atoms with van der Waals surface area (Å²) in [6.07, 6.45) is 3.48. The van der Waals surface area contributed by atoms with Gasteiger partial charge in [0, 0.05) is 17.3 Å². The zero-order chi connectivity index (χ0) is 11.5. The van der Waals surface area contributed by atoms with Crippen LogP contribution in [0.5, 0.6) is 0 Å². The third-order valence-corrected chi connectivity index (χ3v) is 3.61. The molecule has 0 aromatic carbocycles. The van der Waals surface area contributed by atoms with Gasteiger partial charge in [-0.3, -0.25) is 0 Å². The number of pyridine rings is 1. The Hall–Kier alpha value is -0.650. The van der Waals surface area contributed by atoms with Gasteiger partial charge in [-0.2, -0.15) is 0 Å². The van der Waals surface area contributed by atoms with Crippen molar-refractivity contribution in [3.63, 3.8) is 0 Å². The molecule has 0 atom stereocenters. The van der Waals surface area contributed by atoms with Crippen LogP contribution in [-0.4, -0.2) is 9.97 Å². The van der Waals surface area contributed by atoms with Gasteiger partial charge >= 0.3 is 0 Å². The minimum absolute atomic E-state index is 0.613. The molecule has 0 amide bonds. The van der Waals surface area contributed by atoms with Gasteiger partial charge < -0.3 is 5.32 Å².